The van der Waals surface area contributed by atoms with E-state index in [9.17, 15) is 0 Å². The van der Waals surface area contributed by atoms with Crippen LogP contribution in [0.15, 0.2) is 0 Å². The first-order valence-corrected chi connectivity index (χ1v) is 6.48. The van der Waals surface area contributed by atoms with E-state index in [2.05, 4.69) is 13.8 Å². The van der Waals surface area contributed by atoms with E-state index in [4.69, 9.17) is 9.47 Å². The highest BCUT2D eigenvalue weighted by atomic mass is 16.7. The molecule has 86 valence electrons. The van der Waals surface area contributed by atoms with Crippen molar-refractivity contribution in [1.82, 2.24) is 0 Å². The summed E-state index contributed by atoms with van der Waals surface area (Å²) < 4.78 is 12.0. The van der Waals surface area contributed by atoms with Gasteiger partial charge in [-0.3, -0.25) is 0 Å². The van der Waals surface area contributed by atoms with Gasteiger partial charge in [0.2, 0.25) is 0 Å². The molecule has 15 heavy (non-hydrogen) atoms. The third-order valence-corrected chi connectivity index (χ3v) is 4.72. The van der Waals surface area contributed by atoms with Crippen LogP contribution in [0, 0.1) is 23.7 Å². The normalized spacial score (nSPS) is 48.4. The molecule has 2 heteroatoms. The predicted octanol–water partition coefficient (Wildman–Crippen LogP) is 2.82. The minimum absolute atomic E-state index is 0.189. The molecule has 2 saturated carbocycles. The Balaban J connectivity index is 1.87. The van der Waals surface area contributed by atoms with Crippen molar-refractivity contribution in [3.05, 3.63) is 0 Å². The molecule has 0 aromatic rings. The monoisotopic (exact) mass is 210 g/mol. The van der Waals surface area contributed by atoms with Crippen molar-refractivity contribution < 1.29 is 9.47 Å². The first-order valence-electron chi connectivity index (χ1n) is 6.48. The van der Waals surface area contributed by atoms with Gasteiger partial charge in [0.25, 0.3) is 0 Å². The van der Waals surface area contributed by atoms with Gasteiger partial charge in [-0.25, -0.2) is 0 Å². The van der Waals surface area contributed by atoms with E-state index in [0.29, 0.717) is 11.8 Å². The smallest absolute Gasteiger partial charge is 0.173 e. The van der Waals surface area contributed by atoms with Crippen LogP contribution in [0.1, 0.15) is 39.5 Å². The zero-order chi connectivity index (χ0) is 10.5. The standard InChI is InChI=1S/C13H22O2/c1-9-5-11-7-10(2)13(12(6-9)8-11)14-3-4-15-13/h9-12H,3-8H2,1-2H3. The third-order valence-electron chi connectivity index (χ3n) is 4.72. The minimum Gasteiger partial charge on any atom is -0.347 e. The van der Waals surface area contributed by atoms with Gasteiger partial charge >= 0.3 is 0 Å². The van der Waals surface area contributed by atoms with Crippen LogP contribution in [0.4, 0.5) is 0 Å². The van der Waals surface area contributed by atoms with Crippen molar-refractivity contribution >= 4 is 0 Å². The molecular formula is C13H22O2. The molecule has 0 radical (unpaired) electrons. The molecule has 1 heterocycles. The molecule has 2 aliphatic carbocycles. The Labute approximate surface area is 92.3 Å². The minimum atomic E-state index is -0.189. The molecule has 0 amide bonds. The van der Waals surface area contributed by atoms with Crippen LogP contribution in [0.25, 0.3) is 0 Å². The molecule has 1 spiro atoms. The molecule has 1 saturated heterocycles. The zero-order valence-electron chi connectivity index (χ0n) is 9.87. The highest BCUT2D eigenvalue weighted by Gasteiger charge is 2.54. The highest BCUT2D eigenvalue weighted by Crippen LogP contribution is 2.53. The summed E-state index contributed by atoms with van der Waals surface area (Å²) >= 11 is 0. The molecular weight excluding hydrogens is 188 g/mol. The number of hydrogen-bond donors (Lipinski definition) is 0. The van der Waals surface area contributed by atoms with Crippen molar-refractivity contribution in [2.75, 3.05) is 13.2 Å². The quantitative estimate of drug-likeness (QED) is 0.612. The molecule has 4 unspecified atom stereocenters. The maximum Gasteiger partial charge on any atom is 0.173 e. The number of hydrogen-bond acceptors (Lipinski definition) is 2. The van der Waals surface area contributed by atoms with Crippen LogP contribution in [-0.2, 0) is 9.47 Å². The Morgan fingerprint density at radius 2 is 1.67 bits per heavy atom. The summed E-state index contributed by atoms with van der Waals surface area (Å²) in [6.45, 7) is 6.32. The second kappa shape index (κ2) is 3.46. The molecule has 2 nitrogen and oxygen atoms in total. The van der Waals surface area contributed by atoms with Gasteiger partial charge in [0.05, 0.1) is 13.2 Å². The van der Waals surface area contributed by atoms with Crippen molar-refractivity contribution in [3.63, 3.8) is 0 Å². The summed E-state index contributed by atoms with van der Waals surface area (Å²) in [6, 6.07) is 0. The second-order valence-electron chi connectivity index (χ2n) is 5.93. The summed E-state index contributed by atoms with van der Waals surface area (Å²) in [7, 11) is 0. The largest absolute Gasteiger partial charge is 0.347 e. The van der Waals surface area contributed by atoms with E-state index in [1.54, 1.807) is 0 Å². The Hall–Kier alpha value is -0.0800. The van der Waals surface area contributed by atoms with Crippen LogP contribution >= 0.6 is 0 Å². The second-order valence-corrected chi connectivity index (χ2v) is 5.93. The molecule has 2 bridgehead atoms. The van der Waals surface area contributed by atoms with Gasteiger partial charge in [-0.05, 0) is 37.5 Å². The topological polar surface area (TPSA) is 18.5 Å². The highest BCUT2D eigenvalue weighted by molar-refractivity contribution is 4.97. The van der Waals surface area contributed by atoms with E-state index in [0.717, 1.165) is 25.0 Å². The van der Waals surface area contributed by atoms with Crippen LogP contribution < -0.4 is 0 Å². The number of ether oxygens (including phenoxy) is 2. The molecule has 3 fully saturated rings. The Morgan fingerprint density at radius 1 is 0.933 bits per heavy atom. The first kappa shape index (κ1) is 10.1. The fraction of sp³-hybridized carbons (Fsp3) is 1.00. The van der Waals surface area contributed by atoms with Crippen molar-refractivity contribution in [2.24, 2.45) is 23.7 Å². The van der Waals surface area contributed by atoms with Gasteiger partial charge in [-0.2, -0.15) is 0 Å². The molecule has 4 atom stereocenters. The van der Waals surface area contributed by atoms with E-state index < -0.39 is 0 Å². The Bertz CT molecular complexity index is 241. The zero-order valence-corrected chi connectivity index (χ0v) is 9.87. The van der Waals surface area contributed by atoms with Gasteiger partial charge in [0, 0.05) is 11.8 Å². The lowest BCUT2D eigenvalue weighted by Crippen LogP contribution is -2.52. The Morgan fingerprint density at radius 3 is 2.40 bits per heavy atom. The van der Waals surface area contributed by atoms with Crippen LogP contribution in [0.3, 0.4) is 0 Å². The summed E-state index contributed by atoms with van der Waals surface area (Å²) in [5.74, 6) is 2.87. The molecule has 1 aliphatic heterocycles. The van der Waals surface area contributed by atoms with Crippen molar-refractivity contribution in [3.8, 4) is 0 Å². The average Bonchev–Trinajstić information content (AvgIpc) is 2.64. The van der Waals surface area contributed by atoms with E-state index >= 15 is 0 Å². The number of rotatable bonds is 0. The van der Waals surface area contributed by atoms with E-state index in [1.807, 2.05) is 0 Å². The third kappa shape index (κ3) is 1.45. The van der Waals surface area contributed by atoms with Crippen molar-refractivity contribution in [2.45, 2.75) is 45.3 Å². The fourth-order valence-corrected chi connectivity index (χ4v) is 4.30. The summed E-state index contributed by atoms with van der Waals surface area (Å²) in [5, 5.41) is 0. The van der Waals surface area contributed by atoms with E-state index in [1.165, 1.54) is 25.7 Å². The average molecular weight is 210 g/mol. The van der Waals surface area contributed by atoms with Crippen LogP contribution in [0.5, 0.6) is 0 Å². The van der Waals surface area contributed by atoms with Gasteiger partial charge < -0.3 is 9.47 Å². The van der Waals surface area contributed by atoms with Crippen molar-refractivity contribution in [1.29, 1.82) is 0 Å². The maximum absolute atomic E-state index is 6.01. The van der Waals surface area contributed by atoms with Crippen LogP contribution in [0.2, 0.25) is 0 Å². The molecule has 3 rings (SSSR count). The molecule has 0 aromatic heterocycles. The molecule has 0 N–H and O–H groups in total. The summed E-state index contributed by atoms with van der Waals surface area (Å²) in [4.78, 5) is 0. The SMILES string of the molecule is CC1CC2CC(C)C3(OCCO3)C(C1)C2. The maximum atomic E-state index is 6.01. The molecule has 3 aliphatic rings. The lowest BCUT2D eigenvalue weighted by Gasteiger charge is -2.51. The predicted molar refractivity (Wildman–Crippen MR) is 58.4 cm³/mol. The Kier molecular flexibility index (Phi) is 2.33. The van der Waals surface area contributed by atoms with Gasteiger partial charge in [-0.15, -0.1) is 0 Å². The lowest BCUT2D eigenvalue weighted by molar-refractivity contribution is -0.259. The van der Waals surface area contributed by atoms with Crippen LogP contribution in [-0.4, -0.2) is 19.0 Å². The summed E-state index contributed by atoms with van der Waals surface area (Å²) in [6.07, 6.45) is 5.38. The number of fused-ring (bicyclic) bond motifs is 3. The fourth-order valence-electron chi connectivity index (χ4n) is 4.30. The van der Waals surface area contributed by atoms with Gasteiger partial charge in [-0.1, -0.05) is 13.8 Å². The van der Waals surface area contributed by atoms with Gasteiger partial charge in [0.1, 0.15) is 0 Å². The van der Waals surface area contributed by atoms with E-state index in [-0.39, 0.29) is 5.79 Å². The first-order chi connectivity index (χ1) is 7.21. The summed E-state index contributed by atoms with van der Waals surface area (Å²) in [5.41, 5.74) is 0. The molecule has 0 aromatic carbocycles. The van der Waals surface area contributed by atoms with Gasteiger partial charge in [0.15, 0.2) is 5.79 Å². The lowest BCUT2D eigenvalue weighted by atomic mass is 9.62.